The zero-order valence-corrected chi connectivity index (χ0v) is 14.9. The highest BCUT2D eigenvalue weighted by Gasteiger charge is 2.15. The Hall–Kier alpha value is -2.15. The summed E-state index contributed by atoms with van der Waals surface area (Å²) in [6.07, 6.45) is 1.76. The molecule has 2 heterocycles. The predicted octanol–water partition coefficient (Wildman–Crippen LogP) is 3.79. The number of aryl methyl sites for hydroxylation is 2. The van der Waals surface area contributed by atoms with E-state index in [0.29, 0.717) is 5.52 Å². The van der Waals surface area contributed by atoms with Crippen LogP contribution in [0, 0.1) is 10.5 Å². The predicted molar refractivity (Wildman–Crippen MR) is 101 cm³/mol. The Labute approximate surface area is 146 Å². The van der Waals surface area contributed by atoms with E-state index in [4.69, 9.17) is 0 Å². The van der Waals surface area contributed by atoms with Crippen LogP contribution in [0.4, 0.5) is 0 Å². The molecule has 5 heteroatoms. The van der Waals surface area contributed by atoms with Gasteiger partial charge >= 0.3 is 0 Å². The van der Waals surface area contributed by atoms with Crippen LogP contribution in [0.25, 0.3) is 27.6 Å². The van der Waals surface area contributed by atoms with Gasteiger partial charge in [-0.3, -0.25) is 9.48 Å². The molecule has 0 unspecified atom stereocenters. The molecule has 0 aliphatic rings. The van der Waals surface area contributed by atoms with E-state index in [1.165, 1.54) is 0 Å². The number of aromatic nitrogens is 3. The van der Waals surface area contributed by atoms with E-state index < -0.39 is 0 Å². The third kappa shape index (κ3) is 2.18. The van der Waals surface area contributed by atoms with Gasteiger partial charge in [0, 0.05) is 21.7 Å². The van der Waals surface area contributed by atoms with Crippen LogP contribution in [0.1, 0.15) is 5.56 Å². The monoisotopic (exact) mass is 415 g/mol. The normalized spacial score (nSPS) is 11.4. The van der Waals surface area contributed by atoms with Crippen molar-refractivity contribution >= 4 is 44.5 Å². The lowest BCUT2D eigenvalue weighted by Gasteiger charge is -2.14. The minimum atomic E-state index is 0.0283. The van der Waals surface area contributed by atoms with Gasteiger partial charge < -0.3 is 4.57 Å². The van der Waals surface area contributed by atoms with Crippen LogP contribution in [0.15, 0.2) is 53.5 Å². The first kappa shape index (κ1) is 14.4. The molecule has 23 heavy (non-hydrogen) atoms. The molecule has 0 saturated heterocycles. The molecule has 0 saturated carbocycles. The molecule has 0 amide bonds. The Bertz CT molecular complexity index is 1120. The Morgan fingerprint density at radius 3 is 2.70 bits per heavy atom. The minimum absolute atomic E-state index is 0.0283. The molecule has 0 spiro atoms. The van der Waals surface area contributed by atoms with Crippen LogP contribution in [0.5, 0.6) is 0 Å². The quantitative estimate of drug-likeness (QED) is 0.444. The van der Waals surface area contributed by atoms with Gasteiger partial charge in [0.1, 0.15) is 5.52 Å². The summed E-state index contributed by atoms with van der Waals surface area (Å²) in [5, 5.41) is 5.03. The molecule has 2 aromatic carbocycles. The summed E-state index contributed by atoms with van der Waals surface area (Å²) in [5.74, 6) is 0. The number of nitrogens with zero attached hydrogens (tertiary/aromatic N) is 3. The SMILES string of the molecule is Cc1ccc2c(c1)c(=O)c1c(cnn1C)n2-c1cccc(I)c1. The van der Waals surface area contributed by atoms with E-state index in [0.717, 1.165) is 31.2 Å². The number of rotatable bonds is 1. The van der Waals surface area contributed by atoms with Crippen molar-refractivity contribution in [2.24, 2.45) is 7.05 Å². The summed E-state index contributed by atoms with van der Waals surface area (Å²) < 4.78 is 4.92. The maximum atomic E-state index is 12.9. The van der Waals surface area contributed by atoms with Crippen LogP contribution in [0.3, 0.4) is 0 Å². The average Bonchev–Trinajstić information content (AvgIpc) is 2.90. The van der Waals surface area contributed by atoms with Crippen LogP contribution >= 0.6 is 22.6 Å². The summed E-state index contributed by atoms with van der Waals surface area (Å²) in [7, 11) is 1.81. The van der Waals surface area contributed by atoms with Gasteiger partial charge in [0.2, 0.25) is 5.43 Å². The zero-order valence-electron chi connectivity index (χ0n) is 12.7. The second kappa shape index (κ2) is 5.19. The van der Waals surface area contributed by atoms with E-state index in [1.54, 1.807) is 10.9 Å². The molecular formula is C18H14IN3O. The first-order chi connectivity index (χ1) is 11.1. The van der Waals surface area contributed by atoms with Crippen molar-refractivity contribution in [3.63, 3.8) is 0 Å². The molecule has 0 N–H and O–H groups in total. The van der Waals surface area contributed by atoms with Crippen LogP contribution in [-0.4, -0.2) is 14.3 Å². The number of hydrogen-bond donors (Lipinski definition) is 0. The Balaban J connectivity index is 2.29. The highest BCUT2D eigenvalue weighted by molar-refractivity contribution is 14.1. The molecule has 4 aromatic rings. The highest BCUT2D eigenvalue weighted by Crippen LogP contribution is 2.25. The Morgan fingerprint density at radius 2 is 1.91 bits per heavy atom. The molecular weight excluding hydrogens is 401 g/mol. The van der Waals surface area contributed by atoms with Gasteiger partial charge in [-0.25, -0.2) is 0 Å². The summed E-state index contributed by atoms with van der Waals surface area (Å²) in [4.78, 5) is 12.9. The summed E-state index contributed by atoms with van der Waals surface area (Å²) in [6.45, 7) is 2.00. The van der Waals surface area contributed by atoms with Gasteiger partial charge in [0.15, 0.2) is 0 Å². The van der Waals surface area contributed by atoms with Crippen LogP contribution < -0.4 is 5.43 Å². The fraction of sp³-hybridized carbons (Fsp3) is 0.111. The maximum absolute atomic E-state index is 12.9. The number of halogens is 1. The smallest absolute Gasteiger partial charge is 0.215 e. The molecule has 0 radical (unpaired) electrons. The first-order valence-corrected chi connectivity index (χ1v) is 8.37. The van der Waals surface area contributed by atoms with Gasteiger partial charge in [-0.05, 0) is 59.8 Å². The lowest BCUT2D eigenvalue weighted by atomic mass is 10.1. The second-order valence-corrected chi connectivity index (χ2v) is 6.91. The van der Waals surface area contributed by atoms with Crippen LogP contribution in [0.2, 0.25) is 0 Å². The molecule has 0 atom stereocenters. The van der Waals surface area contributed by atoms with E-state index in [1.807, 2.05) is 38.2 Å². The largest absolute Gasteiger partial charge is 0.306 e. The number of pyridine rings is 1. The highest BCUT2D eigenvalue weighted by atomic mass is 127. The van der Waals surface area contributed by atoms with E-state index in [-0.39, 0.29) is 5.43 Å². The van der Waals surface area contributed by atoms with Gasteiger partial charge in [-0.1, -0.05) is 17.7 Å². The lowest BCUT2D eigenvalue weighted by molar-refractivity contribution is 0.795. The number of hydrogen-bond acceptors (Lipinski definition) is 2. The summed E-state index contributed by atoms with van der Waals surface area (Å²) >= 11 is 2.30. The molecule has 4 nitrogen and oxygen atoms in total. The molecule has 0 aliphatic carbocycles. The molecule has 2 aromatic heterocycles. The fourth-order valence-electron chi connectivity index (χ4n) is 3.03. The molecule has 0 fully saturated rings. The minimum Gasteiger partial charge on any atom is -0.306 e. The average molecular weight is 415 g/mol. The van der Waals surface area contributed by atoms with E-state index in [2.05, 4.69) is 50.5 Å². The molecule has 0 aliphatic heterocycles. The third-order valence-electron chi connectivity index (χ3n) is 4.08. The van der Waals surface area contributed by atoms with Crippen molar-refractivity contribution in [2.45, 2.75) is 6.92 Å². The molecule has 4 rings (SSSR count). The number of benzene rings is 2. The first-order valence-electron chi connectivity index (χ1n) is 7.29. The van der Waals surface area contributed by atoms with E-state index in [9.17, 15) is 4.79 Å². The van der Waals surface area contributed by atoms with Crippen molar-refractivity contribution in [3.05, 3.63) is 68.0 Å². The molecule has 114 valence electrons. The maximum Gasteiger partial charge on any atom is 0.215 e. The standard InChI is InChI=1S/C18H14IN3O/c1-11-6-7-15-14(8-11)18(23)17-16(10-20-21(17)2)22(15)13-5-3-4-12(19)9-13/h3-10H,1-2H3. The number of fused-ring (bicyclic) bond motifs is 2. The van der Waals surface area contributed by atoms with Crippen molar-refractivity contribution in [1.29, 1.82) is 0 Å². The lowest BCUT2D eigenvalue weighted by Crippen LogP contribution is -2.12. The summed E-state index contributed by atoms with van der Waals surface area (Å²) in [6, 6.07) is 14.2. The van der Waals surface area contributed by atoms with Gasteiger partial charge in [0.25, 0.3) is 0 Å². The Kier molecular flexibility index (Phi) is 3.26. The van der Waals surface area contributed by atoms with Gasteiger partial charge in [-0.15, -0.1) is 0 Å². The summed E-state index contributed by atoms with van der Waals surface area (Å²) in [5.41, 5.74) is 4.50. The fourth-order valence-corrected chi connectivity index (χ4v) is 3.56. The van der Waals surface area contributed by atoms with Crippen molar-refractivity contribution < 1.29 is 0 Å². The van der Waals surface area contributed by atoms with Gasteiger partial charge in [0.05, 0.1) is 17.2 Å². The Morgan fingerprint density at radius 1 is 1.09 bits per heavy atom. The van der Waals surface area contributed by atoms with E-state index >= 15 is 0 Å². The van der Waals surface area contributed by atoms with Crippen LogP contribution in [-0.2, 0) is 7.05 Å². The second-order valence-electron chi connectivity index (χ2n) is 5.67. The molecule has 0 bridgehead atoms. The van der Waals surface area contributed by atoms with Crippen molar-refractivity contribution in [2.75, 3.05) is 0 Å². The van der Waals surface area contributed by atoms with Crippen molar-refractivity contribution in [1.82, 2.24) is 14.3 Å². The van der Waals surface area contributed by atoms with Crippen molar-refractivity contribution in [3.8, 4) is 5.69 Å². The third-order valence-corrected chi connectivity index (χ3v) is 4.75. The van der Waals surface area contributed by atoms with Gasteiger partial charge in [-0.2, -0.15) is 5.10 Å². The topological polar surface area (TPSA) is 39.8 Å². The zero-order chi connectivity index (χ0) is 16.1.